The zero-order chi connectivity index (χ0) is 60.7. The highest BCUT2D eigenvalue weighted by Crippen LogP contribution is 2.47. The molecule has 0 saturated carbocycles. The molecule has 4 amide bonds. The number of fused-ring (bicyclic) bond motifs is 3. The van der Waals surface area contributed by atoms with Crippen LogP contribution in [-0.2, 0) is 35.3 Å². The largest absolute Gasteiger partial charge is 0.496 e. The Kier molecular flexibility index (Phi) is 23.2. The van der Waals surface area contributed by atoms with E-state index in [1.165, 1.54) is 7.11 Å². The number of nitrogens with zero attached hydrogens (tertiary/aromatic N) is 7. The predicted molar refractivity (Wildman–Crippen MR) is 309 cm³/mol. The van der Waals surface area contributed by atoms with Crippen molar-refractivity contribution >= 4 is 70.9 Å². The normalized spacial score (nSPS) is 17.4. The molecule has 0 spiro atoms. The fourth-order valence-electron chi connectivity index (χ4n) is 10.3. The van der Waals surface area contributed by atoms with Crippen molar-refractivity contribution in [2.75, 3.05) is 124 Å². The number of morpholine rings is 1. The lowest BCUT2D eigenvalue weighted by Crippen LogP contribution is -2.55. The number of amides is 4. The van der Waals surface area contributed by atoms with E-state index >= 15 is 0 Å². The van der Waals surface area contributed by atoms with Crippen LogP contribution in [0.5, 0.6) is 11.5 Å². The first-order valence-electron chi connectivity index (χ1n) is 27.5. The maximum Gasteiger partial charge on any atom is 0.319 e. The summed E-state index contributed by atoms with van der Waals surface area (Å²) in [5.41, 5.74) is 3.62. The van der Waals surface area contributed by atoms with Crippen molar-refractivity contribution in [2.45, 2.75) is 63.6 Å². The van der Waals surface area contributed by atoms with Crippen LogP contribution in [0.1, 0.15) is 49.2 Å². The third kappa shape index (κ3) is 18.0. The molecule has 2 saturated heterocycles. The number of anilines is 1. The number of aliphatic carboxylic acids is 3. The molecule has 84 heavy (non-hydrogen) atoms. The second-order valence-electron chi connectivity index (χ2n) is 21.3. The standard InChI is InChI=1S/C56H73Cl2N11O15/c1-56(2)34-83-20-19-68(56)54(80)52-44-33-84-46-28-45(82-3)42(27-43(46)53(44)69(63-52)39-23-36(57)22-37(58)24-39)35-5-4-6-38(21-35)62-55(81)61-10-9-60-48(73)26-41(72)25-40(71)7-8-59-47(32-70)67-17-15-65(30-50(76)77)13-11-64(29-49(74)75)12-14-66(16-18-67)31-51(78)79/h4-6,21-24,27-28,32,40-41,47,59,71-72H,7-20,25-26,29-31,33-34H2,1-3H3,(H,60,73)(H,74,75)(H,76,77)(H,78,79)(H2,61,62,81). The van der Waals surface area contributed by atoms with Crippen molar-refractivity contribution in [3.05, 3.63) is 75.9 Å². The van der Waals surface area contributed by atoms with Gasteiger partial charge in [-0.2, -0.15) is 5.10 Å². The lowest BCUT2D eigenvalue weighted by Gasteiger charge is -2.41. The highest BCUT2D eigenvalue weighted by molar-refractivity contribution is 6.34. The van der Waals surface area contributed by atoms with Crippen molar-refractivity contribution in [2.24, 2.45) is 0 Å². The first-order valence-corrected chi connectivity index (χ1v) is 28.2. The van der Waals surface area contributed by atoms with E-state index in [2.05, 4.69) is 21.3 Å². The summed E-state index contributed by atoms with van der Waals surface area (Å²) in [5.74, 6) is -3.10. The molecule has 3 aliphatic rings. The summed E-state index contributed by atoms with van der Waals surface area (Å²) in [6.07, 6.45) is -2.99. The molecule has 456 valence electrons. The molecule has 7 rings (SSSR count). The van der Waals surface area contributed by atoms with Gasteiger partial charge in [-0.05, 0) is 75.2 Å². The van der Waals surface area contributed by atoms with Crippen LogP contribution in [0.15, 0.2) is 54.6 Å². The molecule has 1 aromatic heterocycles. The second kappa shape index (κ2) is 30.2. The van der Waals surface area contributed by atoms with Gasteiger partial charge in [-0.3, -0.25) is 48.9 Å². The Bertz CT molecular complexity index is 2950. The molecule has 4 aromatic rings. The van der Waals surface area contributed by atoms with E-state index < -0.39 is 53.8 Å². The fraction of sp³-hybridized carbons (Fsp3) is 0.500. The van der Waals surface area contributed by atoms with Crippen LogP contribution < -0.4 is 30.7 Å². The maximum absolute atomic E-state index is 14.4. The summed E-state index contributed by atoms with van der Waals surface area (Å²) in [4.78, 5) is 96.0. The van der Waals surface area contributed by atoms with Crippen LogP contribution in [0.2, 0.25) is 10.0 Å². The van der Waals surface area contributed by atoms with Gasteiger partial charge in [-0.1, -0.05) is 35.3 Å². The number of methoxy groups -OCH3 is 1. The number of urea groups is 1. The second-order valence-corrected chi connectivity index (χ2v) is 22.2. The minimum atomic E-state index is -1.23. The fourth-order valence-corrected chi connectivity index (χ4v) is 10.8. The molecule has 0 bridgehead atoms. The Hall–Kier alpha value is -6.98. The summed E-state index contributed by atoms with van der Waals surface area (Å²) >= 11 is 13.0. The number of ether oxygens (including phenoxy) is 3. The van der Waals surface area contributed by atoms with Gasteiger partial charge in [0.05, 0.1) is 75.5 Å². The number of benzene rings is 3. The van der Waals surface area contributed by atoms with Gasteiger partial charge in [-0.25, -0.2) is 9.48 Å². The Labute approximate surface area is 495 Å². The van der Waals surface area contributed by atoms with E-state index in [1.807, 2.05) is 26.0 Å². The Morgan fingerprint density at radius 3 is 1.99 bits per heavy atom. The molecule has 26 nitrogen and oxygen atoms in total. The molecule has 3 aliphatic heterocycles. The highest BCUT2D eigenvalue weighted by Gasteiger charge is 2.40. The number of aliphatic hydroxyl groups excluding tert-OH is 2. The molecule has 4 heterocycles. The number of carboxylic acid groups (broad SMARTS) is 3. The topological polar surface area (TPSA) is 330 Å². The molecular formula is C56H73Cl2N11O15. The molecule has 28 heteroatoms. The van der Waals surface area contributed by atoms with Crippen molar-refractivity contribution < 1.29 is 73.3 Å². The number of aliphatic hydroxyl groups is 2. The third-order valence-electron chi connectivity index (χ3n) is 14.5. The Morgan fingerprint density at radius 2 is 1.39 bits per heavy atom. The number of halogens is 2. The molecule has 0 aliphatic carbocycles. The van der Waals surface area contributed by atoms with Gasteiger partial charge < -0.3 is 65.4 Å². The van der Waals surface area contributed by atoms with E-state index in [1.54, 1.807) is 71.6 Å². The van der Waals surface area contributed by atoms with Gasteiger partial charge in [0, 0.05) is 110 Å². The van der Waals surface area contributed by atoms with Gasteiger partial charge in [0.1, 0.15) is 24.3 Å². The summed E-state index contributed by atoms with van der Waals surface area (Å²) in [5, 5.41) is 66.9. The number of hydrogen-bond donors (Lipinski definition) is 9. The predicted octanol–water partition coefficient (Wildman–Crippen LogP) is 2.38. The number of carbonyl (C=O) groups excluding carboxylic acids is 4. The van der Waals surface area contributed by atoms with Crippen LogP contribution in [0.25, 0.3) is 28.1 Å². The number of carboxylic acids is 3. The maximum atomic E-state index is 14.4. The number of hydrogen-bond acceptors (Lipinski definition) is 18. The monoisotopic (exact) mass is 1210 g/mol. The zero-order valence-corrected chi connectivity index (χ0v) is 48.6. The van der Waals surface area contributed by atoms with E-state index in [9.17, 15) is 59.1 Å². The Balaban J connectivity index is 0.905. The van der Waals surface area contributed by atoms with Gasteiger partial charge in [0.2, 0.25) is 5.91 Å². The number of aromatic nitrogens is 2. The third-order valence-corrected chi connectivity index (χ3v) is 15.0. The first-order chi connectivity index (χ1) is 40.1. The molecular weight excluding hydrogens is 1140 g/mol. The minimum absolute atomic E-state index is 0.0201. The van der Waals surface area contributed by atoms with Crippen LogP contribution in [0, 0.1) is 0 Å². The zero-order valence-electron chi connectivity index (χ0n) is 47.1. The summed E-state index contributed by atoms with van der Waals surface area (Å²) in [6.45, 7) is 5.85. The minimum Gasteiger partial charge on any atom is -0.496 e. The van der Waals surface area contributed by atoms with Gasteiger partial charge in [0.15, 0.2) is 12.0 Å². The lowest BCUT2D eigenvalue weighted by atomic mass is 9.95. The van der Waals surface area contributed by atoms with Crippen molar-refractivity contribution in [1.82, 2.24) is 50.2 Å². The number of aldehydes is 1. The van der Waals surface area contributed by atoms with Gasteiger partial charge in [-0.15, -0.1) is 0 Å². The Morgan fingerprint density at radius 1 is 0.774 bits per heavy atom. The van der Waals surface area contributed by atoms with Crippen LogP contribution in [0.4, 0.5) is 10.5 Å². The summed E-state index contributed by atoms with van der Waals surface area (Å²) in [7, 11) is 1.53. The van der Waals surface area contributed by atoms with Crippen molar-refractivity contribution in [1.29, 1.82) is 0 Å². The number of nitrogens with one attached hydrogen (secondary N) is 4. The SMILES string of the molecule is COc1cc2c(cc1-c1cccc(NC(=O)NCCNC(=O)CC(O)CC(O)CCNC(C=O)N3CCN(CC(=O)O)CCN(CC(=O)O)CCN(CC(=O)O)CC3)c1)-c1c(c(C(=O)N3CCOCC3(C)C)nn1-c1cc(Cl)cc(Cl)c1)CO2. The number of carbonyl (C=O) groups is 7. The van der Waals surface area contributed by atoms with E-state index in [0.29, 0.717) is 86.9 Å². The molecule has 2 fully saturated rings. The smallest absolute Gasteiger partial charge is 0.319 e. The van der Waals surface area contributed by atoms with Crippen molar-refractivity contribution in [3.8, 4) is 39.6 Å². The molecule has 9 N–H and O–H groups in total. The quantitative estimate of drug-likeness (QED) is 0.0359. The van der Waals surface area contributed by atoms with E-state index in [4.69, 9.17) is 42.5 Å². The van der Waals surface area contributed by atoms with E-state index in [-0.39, 0.29) is 129 Å². The average molecular weight is 1210 g/mol. The van der Waals surface area contributed by atoms with Crippen LogP contribution in [-0.4, -0.2) is 244 Å². The molecule has 0 radical (unpaired) electrons. The average Bonchev–Trinajstić information content (AvgIpc) is 2.63. The van der Waals surface area contributed by atoms with Crippen molar-refractivity contribution in [3.63, 3.8) is 0 Å². The lowest BCUT2D eigenvalue weighted by molar-refractivity contribution is -0.140. The molecule has 3 unspecified atom stereocenters. The summed E-state index contributed by atoms with van der Waals surface area (Å²) < 4.78 is 19.5. The van der Waals surface area contributed by atoms with Gasteiger partial charge in [0.25, 0.3) is 5.91 Å². The van der Waals surface area contributed by atoms with Gasteiger partial charge >= 0.3 is 23.9 Å². The molecule has 3 atom stereocenters. The number of rotatable bonds is 24. The molecule has 3 aromatic carbocycles. The first kappa shape index (κ1) is 64.6. The summed E-state index contributed by atoms with van der Waals surface area (Å²) in [6, 6.07) is 15.1. The van der Waals surface area contributed by atoms with Crippen LogP contribution >= 0.6 is 23.2 Å². The highest BCUT2D eigenvalue weighted by atomic mass is 35.5. The van der Waals surface area contributed by atoms with Crippen LogP contribution in [0.3, 0.4) is 0 Å². The van der Waals surface area contributed by atoms with E-state index in [0.717, 1.165) is 0 Å².